The molecule has 0 saturated heterocycles. The van der Waals surface area contributed by atoms with Crippen molar-refractivity contribution >= 4 is 17.7 Å². The second-order valence-corrected chi connectivity index (χ2v) is 8.59. The van der Waals surface area contributed by atoms with E-state index in [1.165, 1.54) is 39.5 Å². The van der Waals surface area contributed by atoms with Gasteiger partial charge in [0.15, 0.2) is 0 Å². The SMILES string of the molecule is COC(=O)c1cc(OC)c(C(=O)c2c(OCc3ccccc3)cccc2C(=O)OC)c(OCc2ccccc2)c1. The van der Waals surface area contributed by atoms with Crippen LogP contribution in [0.25, 0.3) is 0 Å². The van der Waals surface area contributed by atoms with Crippen LogP contribution in [0.1, 0.15) is 47.8 Å². The number of ether oxygens (including phenoxy) is 5. The van der Waals surface area contributed by atoms with Crippen molar-refractivity contribution in [1.82, 2.24) is 0 Å². The standard InChI is InChI=1S/C32H28O8/c1-36-26-17-23(31(34)37-2)18-27(40-20-22-13-8-5-9-14-22)29(26)30(33)28-24(32(35)38-3)15-10-16-25(28)39-19-21-11-6-4-7-12-21/h4-18H,19-20H2,1-3H3. The van der Waals surface area contributed by atoms with E-state index in [0.717, 1.165) is 11.1 Å². The molecule has 4 rings (SSSR count). The quantitative estimate of drug-likeness (QED) is 0.178. The summed E-state index contributed by atoms with van der Waals surface area (Å²) in [5.41, 5.74) is 1.82. The van der Waals surface area contributed by atoms with Crippen molar-refractivity contribution in [2.24, 2.45) is 0 Å². The molecule has 0 saturated carbocycles. The van der Waals surface area contributed by atoms with Gasteiger partial charge in [0.1, 0.15) is 36.0 Å². The molecular formula is C32H28O8. The molecule has 0 aliphatic carbocycles. The van der Waals surface area contributed by atoms with Gasteiger partial charge < -0.3 is 23.7 Å². The Morgan fingerprint density at radius 1 is 0.575 bits per heavy atom. The van der Waals surface area contributed by atoms with E-state index in [1.54, 1.807) is 12.1 Å². The van der Waals surface area contributed by atoms with Crippen LogP contribution in [0.2, 0.25) is 0 Å². The third-order valence-corrected chi connectivity index (χ3v) is 6.07. The van der Waals surface area contributed by atoms with Crippen molar-refractivity contribution in [3.05, 3.63) is 124 Å². The Bertz CT molecular complexity index is 1500. The van der Waals surface area contributed by atoms with Crippen LogP contribution in [-0.4, -0.2) is 39.1 Å². The number of hydrogen-bond donors (Lipinski definition) is 0. The molecule has 0 amide bonds. The highest BCUT2D eigenvalue weighted by molar-refractivity contribution is 6.19. The second kappa shape index (κ2) is 13.1. The Hall–Kier alpha value is -5.11. The summed E-state index contributed by atoms with van der Waals surface area (Å²) in [7, 11) is 3.85. The number of hydrogen-bond acceptors (Lipinski definition) is 8. The number of carbonyl (C=O) groups excluding carboxylic acids is 3. The number of rotatable bonds is 11. The van der Waals surface area contributed by atoms with E-state index in [0.29, 0.717) is 0 Å². The third-order valence-electron chi connectivity index (χ3n) is 6.07. The van der Waals surface area contributed by atoms with Crippen LogP contribution in [0, 0.1) is 0 Å². The molecule has 0 aliphatic heterocycles. The smallest absolute Gasteiger partial charge is 0.338 e. The van der Waals surface area contributed by atoms with E-state index in [9.17, 15) is 14.4 Å². The predicted octanol–water partition coefficient (Wildman–Crippen LogP) is 5.66. The fraction of sp³-hybridized carbons (Fsp3) is 0.156. The van der Waals surface area contributed by atoms with E-state index < -0.39 is 17.7 Å². The summed E-state index contributed by atoms with van der Waals surface area (Å²) in [5.74, 6) is -1.66. The number of ketones is 1. The lowest BCUT2D eigenvalue weighted by Gasteiger charge is -2.19. The number of methoxy groups -OCH3 is 3. The first-order valence-electron chi connectivity index (χ1n) is 12.4. The van der Waals surface area contributed by atoms with Crippen molar-refractivity contribution in [2.75, 3.05) is 21.3 Å². The number of benzene rings is 4. The molecule has 40 heavy (non-hydrogen) atoms. The third kappa shape index (κ3) is 6.30. The summed E-state index contributed by atoms with van der Waals surface area (Å²) in [4.78, 5) is 39.5. The summed E-state index contributed by atoms with van der Waals surface area (Å²) in [5, 5.41) is 0. The minimum absolute atomic E-state index is 0.00571. The summed E-state index contributed by atoms with van der Waals surface area (Å²) >= 11 is 0. The van der Waals surface area contributed by atoms with Crippen LogP contribution in [0.5, 0.6) is 17.2 Å². The highest BCUT2D eigenvalue weighted by Gasteiger charge is 2.30. The van der Waals surface area contributed by atoms with Gasteiger partial charge in [-0.25, -0.2) is 9.59 Å². The van der Waals surface area contributed by atoms with Crippen LogP contribution < -0.4 is 14.2 Å². The molecular weight excluding hydrogens is 512 g/mol. The van der Waals surface area contributed by atoms with E-state index >= 15 is 0 Å². The summed E-state index contributed by atoms with van der Waals surface area (Å²) in [6, 6.07) is 26.2. The van der Waals surface area contributed by atoms with E-state index in [2.05, 4.69) is 0 Å². The van der Waals surface area contributed by atoms with Crippen molar-refractivity contribution in [2.45, 2.75) is 13.2 Å². The summed E-state index contributed by atoms with van der Waals surface area (Å²) in [6.07, 6.45) is 0. The lowest BCUT2D eigenvalue weighted by molar-refractivity contribution is 0.0590. The minimum Gasteiger partial charge on any atom is -0.496 e. The first-order valence-corrected chi connectivity index (χ1v) is 12.4. The van der Waals surface area contributed by atoms with Gasteiger partial charge in [0.25, 0.3) is 0 Å². The zero-order valence-electron chi connectivity index (χ0n) is 22.3. The molecule has 0 unspecified atom stereocenters. The van der Waals surface area contributed by atoms with Crippen LogP contribution in [0.4, 0.5) is 0 Å². The maximum Gasteiger partial charge on any atom is 0.338 e. The van der Waals surface area contributed by atoms with Crippen LogP contribution >= 0.6 is 0 Å². The maximum atomic E-state index is 14.3. The van der Waals surface area contributed by atoms with Gasteiger partial charge in [-0.2, -0.15) is 0 Å². The Morgan fingerprint density at radius 2 is 1.12 bits per heavy atom. The van der Waals surface area contributed by atoms with Gasteiger partial charge in [0, 0.05) is 0 Å². The Labute approximate surface area is 232 Å². The molecule has 204 valence electrons. The highest BCUT2D eigenvalue weighted by Crippen LogP contribution is 2.37. The number of esters is 2. The second-order valence-electron chi connectivity index (χ2n) is 8.59. The molecule has 8 nitrogen and oxygen atoms in total. The van der Waals surface area contributed by atoms with E-state index in [1.807, 2.05) is 60.7 Å². The first-order chi connectivity index (χ1) is 19.5. The summed E-state index contributed by atoms with van der Waals surface area (Å²) < 4.78 is 27.5. The van der Waals surface area contributed by atoms with Crippen molar-refractivity contribution < 1.29 is 38.1 Å². The van der Waals surface area contributed by atoms with Gasteiger partial charge in [-0.05, 0) is 35.4 Å². The van der Waals surface area contributed by atoms with Gasteiger partial charge in [0.2, 0.25) is 5.78 Å². The molecule has 0 atom stereocenters. The van der Waals surface area contributed by atoms with Gasteiger partial charge in [-0.3, -0.25) is 4.79 Å². The Balaban J connectivity index is 1.84. The van der Waals surface area contributed by atoms with Crippen LogP contribution in [0.15, 0.2) is 91.0 Å². The highest BCUT2D eigenvalue weighted by atomic mass is 16.5. The first kappa shape index (κ1) is 27.9. The zero-order valence-corrected chi connectivity index (χ0v) is 22.3. The molecule has 0 fully saturated rings. The molecule has 8 heteroatoms. The van der Waals surface area contributed by atoms with Crippen molar-refractivity contribution in [3.8, 4) is 17.2 Å². The van der Waals surface area contributed by atoms with E-state index in [-0.39, 0.29) is 52.7 Å². The fourth-order valence-corrected chi connectivity index (χ4v) is 4.09. The molecule has 0 aliphatic rings. The normalized spacial score (nSPS) is 10.4. The average molecular weight is 541 g/mol. The molecule has 0 bridgehead atoms. The van der Waals surface area contributed by atoms with E-state index in [4.69, 9.17) is 23.7 Å². The maximum absolute atomic E-state index is 14.3. The molecule has 0 aromatic heterocycles. The van der Waals surface area contributed by atoms with Crippen molar-refractivity contribution in [1.29, 1.82) is 0 Å². The molecule has 0 N–H and O–H groups in total. The molecule has 0 spiro atoms. The lowest BCUT2D eigenvalue weighted by Crippen LogP contribution is -2.16. The molecule has 0 radical (unpaired) electrons. The Morgan fingerprint density at radius 3 is 1.68 bits per heavy atom. The Kier molecular flexibility index (Phi) is 9.15. The fourth-order valence-electron chi connectivity index (χ4n) is 4.09. The van der Waals surface area contributed by atoms with Gasteiger partial charge in [-0.1, -0.05) is 66.7 Å². The van der Waals surface area contributed by atoms with Gasteiger partial charge >= 0.3 is 11.9 Å². The van der Waals surface area contributed by atoms with Gasteiger partial charge in [-0.15, -0.1) is 0 Å². The summed E-state index contributed by atoms with van der Waals surface area (Å²) in [6.45, 7) is 0.256. The average Bonchev–Trinajstić information content (AvgIpc) is 3.01. The monoisotopic (exact) mass is 540 g/mol. The largest absolute Gasteiger partial charge is 0.496 e. The topological polar surface area (TPSA) is 97.4 Å². The molecule has 0 heterocycles. The van der Waals surface area contributed by atoms with Crippen molar-refractivity contribution in [3.63, 3.8) is 0 Å². The van der Waals surface area contributed by atoms with Gasteiger partial charge in [0.05, 0.1) is 38.0 Å². The lowest BCUT2D eigenvalue weighted by atomic mass is 9.94. The molecule has 4 aromatic rings. The predicted molar refractivity (Wildman–Crippen MR) is 147 cm³/mol. The minimum atomic E-state index is -0.717. The van der Waals surface area contributed by atoms with Crippen LogP contribution in [-0.2, 0) is 22.7 Å². The number of carbonyl (C=O) groups is 3. The zero-order chi connectivity index (χ0) is 28.5. The molecule has 4 aromatic carbocycles. The van der Waals surface area contributed by atoms with Crippen LogP contribution in [0.3, 0.4) is 0 Å².